The fraction of sp³-hybridized carbons (Fsp3) is 0.200. The number of anilines is 1. The van der Waals surface area contributed by atoms with Gasteiger partial charge in [0.15, 0.2) is 11.5 Å². The van der Waals surface area contributed by atoms with Crippen molar-refractivity contribution in [2.45, 2.75) is 13.3 Å². The van der Waals surface area contributed by atoms with Gasteiger partial charge in [-0.3, -0.25) is 9.78 Å². The Hall–Kier alpha value is -3.08. The predicted octanol–water partition coefficient (Wildman–Crippen LogP) is 3.96. The number of hydrogen-bond donors (Lipinski definition) is 1. The monoisotopic (exact) mass is 334 g/mol. The van der Waals surface area contributed by atoms with Crippen LogP contribution in [-0.4, -0.2) is 24.1 Å². The number of ether oxygens (including phenoxy) is 2. The van der Waals surface area contributed by atoms with Crippen LogP contribution in [0.4, 0.5) is 5.69 Å². The number of fused-ring (bicyclic) bond motifs is 2. The molecule has 2 aromatic carbocycles. The van der Waals surface area contributed by atoms with Crippen molar-refractivity contribution in [1.29, 1.82) is 0 Å². The molecule has 1 N–H and O–H groups in total. The van der Waals surface area contributed by atoms with Crippen molar-refractivity contribution < 1.29 is 14.3 Å². The maximum absolute atomic E-state index is 12.6. The Morgan fingerprint density at radius 1 is 1.00 bits per heavy atom. The van der Waals surface area contributed by atoms with Gasteiger partial charge in [-0.15, -0.1) is 0 Å². The molecule has 126 valence electrons. The van der Waals surface area contributed by atoms with Crippen molar-refractivity contribution in [3.63, 3.8) is 0 Å². The molecule has 2 heterocycles. The zero-order valence-corrected chi connectivity index (χ0v) is 13.9. The summed E-state index contributed by atoms with van der Waals surface area (Å²) >= 11 is 0. The van der Waals surface area contributed by atoms with Gasteiger partial charge in [-0.2, -0.15) is 0 Å². The molecule has 25 heavy (non-hydrogen) atoms. The Morgan fingerprint density at radius 2 is 1.84 bits per heavy atom. The van der Waals surface area contributed by atoms with Crippen LogP contribution in [0.5, 0.6) is 11.5 Å². The first kappa shape index (κ1) is 15.4. The van der Waals surface area contributed by atoms with Gasteiger partial charge >= 0.3 is 0 Å². The molecule has 0 unspecified atom stereocenters. The molecule has 0 aliphatic carbocycles. The quantitative estimate of drug-likeness (QED) is 0.771. The van der Waals surface area contributed by atoms with Gasteiger partial charge in [-0.25, -0.2) is 0 Å². The predicted molar refractivity (Wildman–Crippen MR) is 96.5 cm³/mol. The number of rotatable bonds is 2. The summed E-state index contributed by atoms with van der Waals surface area (Å²) in [5, 5.41) is 3.91. The first-order valence-corrected chi connectivity index (χ1v) is 8.27. The third-order valence-electron chi connectivity index (χ3n) is 4.10. The van der Waals surface area contributed by atoms with E-state index in [0.717, 1.165) is 28.7 Å². The first-order chi connectivity index (χ1) is 12.2. The number of pyridine rings is 1. The normalized spacial score (nSPS) is 13.3. The number of aryl methyl sites for hydroxylation is 1. The van der Waals surface area contributed by atoms with Crippen LogP contribution in [0.1, 0.15) is 22.5 Å². The van der Waals surface area contributed by atoms with Crippen molar-refractivity contribution in [2.24, 2.45) is 0 Å². The van der Waals surface area contributed by atoms with Crippen molar-refractivity contribution in [3.8, 4) is 11.5 Å². The van der Waals surface area contributed by atoms with Crippen molar-refractivity contribution in [3.05, 3.63) is 59.8 Å². The van der Waals surface area contributed by atoms with Gasteiger partial charge in [0.2, 0.25) is 0 Å². The minimum atomic E-state index is -0.185. The second kappa shape index (κ2) is 6.43. The number of nitrogens with zero attached hydrogens (tertiary/aromatic N) is 1. The molecule has 1 amide bonds. The lowest BCUT2D eigenvalue weighted by molar-refractivity contribution is 0.102. The molecular weight excluding hydrogens is 316 g/mol. The summed E-state index contributed by atoms with van der Waals surface area (Å²) in [6.07, 6.45) is 0.834. The Labute approximate surface area is 145 Å². The van der Waals surface area contributed by atoms with Gasteiger partial charge in [0.1, 0.15) is 0 Å². The van der Waals surface area contributed by atoms with E-state index >= 15 is 0 Å². The van der Waals surface area contributed by atoms with Gasteiger partial charge < -0.3 is 14.8 Å². The van der Waals surface area contributed by atoms with Crippen LogP contribution in [0.15, 0.2) is 48.5 Å². The van der Waals surface area contributed by atoms with Crippen LogP contribution < -0.4 is 14.8 Å². The van der Waals surface area contributed by atoms with E-state index in [1.807, 2.05) is 37.3 Å². The lowest BCUT2D eigenvalue weighted by Crippen LogP contribution is -2.12. The molecule has 5 heteroatoms. The van der Waals surface area contributed by atoms with Crippen molar-refractivity contribution in [1.82, 2.24) is 4.98 Å². The Bertz CT molecular complexity index is 953. The molecule has 0 saturated carbocycles. The minimum Gasteiger partial charge on any atom is -0.490 e. The summed E-state index contributed by atoms with van der Waals surface area (Å²) in [6.45, 7) is 3.18. The number of aromatic nitrogens is 1. The zero-order chi connectivity index (χ0) is 17.2. The summed E-state index contributed by atoms with van der Waals surface area (Å²) in [6, 6.07) is 14.9. The van der Waals surface area contributed by atoms with E-state index in [4.69, 9.17) is 9.47 Å². The van der Waals surface area contributed by atoms with Crippen molar-refractivity contribution in [2.75, 3.05) is 18.5 Å². The number of carbonyl (C=O) groups is 1. The van der Waals surface area contributed by atoms with Crippen LogP contribution in [0.25, 0.3) is 10.9 Å². The summed E-state index contributed by atoms with van der Waals surface area (Å²) in [5.74, 6) is 1.11. The van der Waals surface area contributed by atoms with Gasteiger partial charge in [0, 0.05) is 28.8 Å². The summed E-state index contributed by atoms with van der Waals surface area (Å²) in [7, 11) is 0. The van der Waals surface area contributed by atoms with E-state index < -0.39 is 0 Å². The topological polar surface area (TPSA) is 60.5 Å². The van der Waals surface area contributed by atoms with Crippen LogP contribution in [-0.2, 0) is 0 Å². The largest absolute Gasteiger partial charge is 0.490 e. The average Bonchev–Trinajstić information content (AvgIpc) is 2.86. The standard InChI is InChI=1S/C20H18N2O3/c1-13-3-4-14-11-16(6-7-17(14)21-13)22-20(23)15-5-8-18-19(12-15)25-10-2-9-24-18/h3-8,11-12H,2,9-10H2,1H3,(H,22,23). The van der Waals surface area contributed by atoms with E-state index in [1.165, 1.54) is 0 Å². The highest BCUT2D eigenvalue weighted by molar-refractivity contribution is 6.05. The fourth-order valence-electron chi connectivity index (χ4n) is 2.81. The number of carbonyl (C=O) groups excluding carboxylic acids is 1. The fourth-order valence-corrected chi connectivity index (χ4v) is 2.81. The number of amides is 1. The molecular formula is C20H18N2O3. The van der Waals surface area contributed by atoms with Crippen LogP contribution in [0, 0.1) is 6.92 Å². The highest BCUT2D eigenvalue weighted by Crippen LogP contribution is 2.30. The van der Waals surface area contributed by atoms with Crippen molar-refractivity contribution >= 4 is 22.5 Å². The maximum atomic E-state index is 12.6. The van der Waals surface area contributed by atoms with E-state index in [2.05, 4.69) is 10.3 Å². The summed E-state index contributed by atoms with van der Waals surface area (Å²) < 4.78 is 11.2. The third kappa shape index (κ3) is 3.26. The summed E-state index contributed by atoms with van der Waals surface area (Å²) in [4.78, 5) is 17.0. The summed E-state index contributed by atoms with van der Waals surface area (Å²) in [5.41, 5.74) is 3.15. The van der Waals surface area contributed by atoms with E-state index in [1.54, 1.807) is 18.2 Å². The van der Waals surface area contributed by atoms with Crippen LogP contribution in [0.3, 0.4) is 0 Å². The lowest BCUT2D eigenvalue weighted by Gasteiger charge is -2.10. The Kier molecular flexibility index (Phi) is 3.98. The lowest BCUT2D eigenvalue weighted by atomic mass is 10.1. The van der Waals surface area contributed by atoms with E-state index in [-0.39, 0.29) is 5.91 Å². The van der Waals surface area contributed by atoms with E-state index in [0.29, 0.717) is 30.3 Å². The molecule has 0 fully saturated rings. The molecule has 0 radical (unpaired) electrons. The maximum Gasteiger partial charge on any atom is 0.255 e. The molecule has 5 nitrogen and oxygen atoms in total. The molecule has 0 spiro atoms. The molecule has 3 aromatic rings. The van der Waals surface area contributed by atoms with Crippen LogP contribution >= 0.6 is 0 Å². The molecule has 0 atom stereocenters. The number of nitrogens with one attached hydrogen (secondary N) is 1. The van der Waals surface area contributed by atoms with Gasteiger partial charge in [0.25, 0.3) is 5.91 Å². The number of hydrogen-bond acceptors (Lipinski definition) is 4. The average molecular weight is 334 g/mol. The van der Waals surface area contributed by atoms with Crippen LogP contribution in [0.2, 0.25) is 0 Å². The highest BCUT2D eigenvalue weighted by atomic mass is 16.5. The molecule has 1 aliphatic heterocycles. The Balaban J connectivity index is 1.57. The van der Waals surface area contributed by atoms with Gasteiger partial charge in [-0.1, -0.05) is 6.07 Å². The van der Waals surface area contributed by atoms with E-state index in [9.17, 15) is 4.79 Å². The molecule has 4 rings (SSSR count). The van der Waals surface area contributed by atoms with Gasteiger partial charge in [0.05, 0.1) is 18.7 Å². The molecule has 0 bridgehead atoms. The molecule has 1 aliphatic rings. The SMILES string of the molecule is Cc1ccc2cc(NC(=O)c3ccc4c(c3)OCCCO4)ccc2n1. The molecule has 1 aromatic heterocycles. The number of benzene rings is 2. The second-order valence-corrected chi connectivity index (χ2v) is 6.03. The smallest absolute Gasteiger partial charge is 0.255 e. The minimum absolute atomic E-state index is 0.185. The first-order valence-electron chi connectivity index (χ1n) is 8.27. The second-order valence-electron chi connectivity index (χ2n) is 6.03. The Morgan fingerprint density at radius 3 is 2.72 bits per heavy atom. The molecule has 0 saturated heterocycles. The third-order valence-corrected chi connectivity index (χ3v) is 4.10. The van der Waals surface area contributed by atoms with Gasteiger partial charge in [-0.05, 0) is 49.4 Å². The zero-order valence-electron chi connectivity index (χ0n) is 13.9. The highest BCUT2D eigenvalue weighted by Gasteiger charge is 2.14.